The Labute approximate surface area is 166 Å². The molecule has 6 nitrogen and oxygen atoms in total. The van der Waals surface area contributed by atoms with E-state index in [-0.39, 0.29) is 34.6 Å². The van der Waals surface area contributed by atoms with E-state index in [9.17, 15) is 4.79 Å². The SMILES string of the molecule is CN=C(NCCC(=O)Nc1cccc(C)n1)NCC(C)(C)SC.I. The molecule has 1 rings (SSSR count). The molecule has 3 N–H and O–H groups in total. The standard InChI is InChI=1S/C16H27N5OS.HI/c1-12-7-6-8-13(20-12)21-14(22)9-10-18-15(17-4)19-11-16(2,3)23-5;/h6-8H,9-11H2,1-5H3,(H2,17,18,19)(H,20,21,22);1H. The van der Waals surface area contributed by atoms with E-state index < -0.39 is 0 Å². The Hall–Kier alpha value is -1.03. The molecule has 0 aliphatic heterocycles. The van der Waals surface area contributed by atoms with Crippen molar-refractivity contribution in [1.29, 1.82) is 0 Å². The zero-order valence-electron chi connectivity index (χ0n) is 15.0. The van der Waals surface area contributed by atoms with Crippen LogP contribution < -0.4 is 16.0 Å². The Balaban J connectivity index is 0.00000529. The monoisotopic (exact) mass is 465 g/mol. The molecule has 0 radical (unpaired) electrons. The molecule has 0 unspecified atom stereocenters. The number of hydrogen-bond donors (Lipinski definition) is 3. The van der Waals surface area contributed by atoms with Gasteiger partial charge in [0.05, 0.1) is 0 Å². The number of aliphatic imine (C=N–C) groups is 1. The third-order valence-electron chi connectivity index (χ3n) is 3.26. The highest BCUT2D eigenvalue weighted by atomic mass is 127. The number of nitrogens with zero attached hydrogens (tertiary/aromatic N) is 2. The van der Waals surface area contributed by atoms with Crippen LogP contribution in [0.15, 0.2) is 23.2 Å². The Morgan fingerprint density at radius 1 is 1.33 bits per heavy atom. The molecule has 0 atom stereocenters. The number of hydrogen-bond acceptors (Lipinski definition) is 4. The highest BCUT2D eigenvalue weighted by Gasteiger charge is 2.16. The van der Waals surface area contributed by atoms with Crippen LogP contribution in [0.25, 0.3) is 0 Å². The fourth-order valence-electron chi connectivity index (χ4n) is 1.70. The molecule has 0 bridgehead atoms. The number of pyridine rings is 1. The van der Waals surface area contributed by atoms with Crippen LogP contribution in [0.4, 0.5) is 5.82 Å². The summed E-state index contributed by atoms with van der Waals surface area (Å²) in [6, 6.07) is 5.54. The Morgan fingerprint density at radius 3 is 2.62 bits per heavy atom. The molecule has 0 aliphatic rings. The van der Waals surface area contributed by atoms with Gasteiger partial charge in [0, 0.05) is 37.0 Å². The summed E-state index contributed by atoms with van der Waals surface area (Å²) in [5, 5.41) is 9.19. The number of aromatic nitrogens is 1. The number of carbonyl (C=O) groups excluding carboxylic acids is 1. The van der Waals surface area contributed by atoms with Crippen LogP contribution in [-0.4, -0.2) is 48.0 Å². The Kier molecular flexibility index (Phi) is 11.0. The third-order valence-corrected chi connectivity index (χ3v) is 4.51. The lowest BCUT2D eigenvalue weighted by atomic mass is 10.2. The molecule has 0 aromatic carbocycles. The van der Waals surface area contributed by atoms with Gasteiger partial charge >= 0.3 is 0 Å². The molecule has 1 amide bonds. The number of nitrogens with one attached hydrogen (secondary N) is 3. The minimum absolute atomic E-state index is 0. The smallest absolute Gasteiger partial charge is 0.227 e. The van der Waals surface area contributed by atoms with E-state index in [4.69, 9.17) is 0 Å². The van der Waals surface area contributed by atoms with Gasteiger partial charge in [-0.05, 0) is 39.2 Å². The summed E-state index contributed by atoms with van der Waals surface area (Å²) in [5.41, 5.74) is 0.877. The molecule has 8 heteroatoms. The minimum atomic E-state index is -0.0736. The molecule has 1 aromatic heterocycles. The lowest BCUT2D eigenvalue weighted by Crippen LogP contribution is -2.44. The highest BCUT2D eigenvalue weighted by molar-refractivity contribution is 14.0. The first-order chi connectivity index (χ1) is 10.9. The van der Waals surface area contributed by atoms with Crippen LogP contribution in [0.2, 0.25) is 0 Å². The van der Waals surface area contributed by atoms with Gasteiger partial charge in [0.25, 0.3) is 0 Å². The van der Waals surface area contributed by atoms with Crippen molar-refractivity contribution in [1.82, 2.24) is 15.6 Å². The summed E-state index contributed by atoms with van der Waals surface area (Å²) in [7, 11) is 1.72. The number of guanidine groups is 1. The number of amides is 1. The average Bonchev–Trinajstić information content (AvgIpc) is 2.50. The molecule has 0 aliphatic carbocycles. The molecular formula is C16H28IN5OS. The van der Waals surface area contributed by atoms with E-state index in [0.29, 0.717) is 24.7 Å². The second-order valence-electron chi connectivity index (χ2n) is 5.78. The lowest BCUT2D eigenvalue weighted by molar-refractivity contribution is -0.116. The zero-order chi connectivity index (χ0) is 17.3. The van der Waals surface area contributed by atoms with Gasteiger partial charge in [-0.3, -0.25) is 9.79 Å². The van der Waals surface area contributed by atoms with Gasteiger partial charge in [0.15, 0.2) is 5.96 Å². The summed E-state index contributed by atoms with van der Waals surface area (Å²) in [4.78, 5) is 20.3. The number of aryl methyl sites for hydroxylation is 1. The predicted octanol–water partition coefficient (Wildman–Crippen LogP) is 2.64. The number of thioether (sulfide) groups is 1. The molecule has 1 heterocycles. The van der Waals surface area contributed by atoms with Crippen molar-refractivity contribution >= 4 is 53.4 Å². The maximum Gasteiger partial charge on any atom is 0.227 e. The number of halogens is 1. The predicted molar refractivity (Wildman–Crippen MR) is 115 cm³/mol. The van der Waals surface area contributed by atoms with Crippen molar-refractivity contribution in [3.8, 4) is 0 Å². The van der Waals surface area contributed by atoms with Crippen LogP contribution in [0, 0.1) is 6.92 Å². The molecular weight excluding hydrogens is 437 g/mol. The van der Waals surface area contributed by atoms with Crippen LogP contribution >= 0.6 is 35.7 Å². The van der Waals surface area contributed by atoms with E-state index in [2.05, 4.69) is 46.0 Å². The van der Waals surface area contributed by atoms with Crippen molar-refractivity contribution in [3.63, 3.8) is 0 Å². The quantitative estimate of drug-likeness (QED) is 0.328. The third kappa shape index (κ3) is 9.31. The first-order valence-corrected chi connectivity index (χ1v) is 8.82. The van der Waals surface area contributed by atoms with Gasteiger partial charge in [-0.1, -0.05) is 6.07 Å². The van der Waals surface area contributed by atoms with Gasteiger partial charge in [0.2, 0.25) is 5.91 Å². The van der Waals surface area contributed by atoms with Crippen molar-refractivity contribution < 1.29 is 4.79 Å². The molecule has 0 spiro atoms. The molecule has 0 saturated carbocycles. The maximum absolute atomic E-state index is 11.9. The summed E-state index contributed by atoms with van der Waals surface area (Å²) in [6.07, 6.45) is 2.43. The molecule has 1 aromatic rings. The molecule has 0 saturated heterocycles. The molecule has 0 fully saturated rings. The summed E-state index contributed by atoms with van der Waals surface area (Å²) >= 11 is 1.79. The summed E-state index contributed by atoms with van der Waals surface area (Å²) in [6.45, 7) is 7.54. The number of carbonyl (C=O) groups is 1. The summed E-state index contributed by atoms with van der Waals surface area (Å²) in [5.74, 6) is 1.21. The second-order valence-corrected chi connectivity index (χ2v) is 7.29. The van der Waals surface area contributed by atoms with Gasteiger partial charge < -0.3 is 16.0 Å². The molecule has 24 heavy (non-hydrogen) atoms. The van der Waals surface area contributed by atoms with Crippen molar-refractivity contribution in [3.05, 3.63) is 23.9 Å². The van der Waals surface area contributed by atoms with Crippen molar-refractivity contribution in [2.45, 2.75) is 31.9 Å². The van der Waals surface area contributed by atoms with E-state index >= 15 is 0 Å². The minimum Gasteiger partial charge on any atom is -0.356 e. The number of rotatable bonds is 7. The van der Waals surface area contributed by atoms with Crippen LogP contribution in [0.3, 0.4) is 0 Å². The van der Waals surface area contributed by atoms with Crippen molar-refractivity contribution in [2.75, 3.05) is 31.7 Å². The average molecular weight is 465 g/mol. The normalized spacial score (nSPS) is 11.5. The van der Waals surface area contributed by atoms with E-state index in [1.807, 2.05) is 19.1 Å². The lowest BCUT2D eigenvalue weighted by Gasteiger charge is -2.23. The topological polar surface area (TPSA) is 78.4 Å². The molecule has 136 valence electrons. The van der Waals surface area contributed by atoms with E-state index in [1.54, 1.807) is 24.9 Å². The number of anilines is 1. The van der Waals surface area contributed by atoms with Crippen LogP contribution in [0.5, 0.6) is 0 Å². The first kappa shape index (κ1) is 23.0. The highest BCUT2D eigenvalue weighted by Crippen LogP contribution is 2.19. The zero-order valence-corrected chi connectivity index (χ0v) is 18.1. The van der Waals surface area contributed by atoms with E-state index in [1.165, 1.54) is 0 Å². The van der Waals surface area contributed by atoms with Crippen LogP contribution in [0.1, 0.15) is 26.0 Å². The van der Waals surface area contributed by atoms with Gasteiger partial charge in [0.1, 0.15) is 5.82 Å². The van der Waals surface area contributed by atoms with Gasteiger partial charge in [-0.25, -0.2) is 4.98 Å². The van der Waals surface area contributed by atoms with Crippen molar-refractivity contribution in [2.24, 2.45) is 4.99 Å². The fraction of sp³-hybridized carbons (Fsp3) is 0.562. The van der Waals surface area contributed by atoms with Crippen LogP contribution in [-0.2, 0) is 4.79 Å². The first-order valence-electron chi connectivity index (χ1n) is 7.59. The van der Waals surface area contributed by atoms with E-state index in [0.717, 1.165) is 12.2 Å². The second kappa shape index (κ2) is 11.5. The Bertz CT molecular complexity index is 551. The maximum atomic E-state index is 11.9. The summed E-state index contributed by atoms with van der Waals surface area (Å²) < 4.78 is 0.131. The van der Waals surface area contributed by atoms with Gasteiger partial charge in [-0.15, -0.1) is 24.0 Å². The largest absolute Gasteiger partial charge is 0.356 e. The van der Waals surface area contributed by atoms with Gasteiger partial charge in [-0.2, -0.15) is 11.8 Å². The Morgan fingerprint density at radius 2 is 2.04 bits per heavy atom. The fourth-order valence-corrected chi connectivity index (χ4v) is 1.92.